The third-order valence-electron chi connectivity index (χ3n) is 11.9. The van der Waals surface area contributed by atoms with Crippen LogP contribution in [0.5, 0.6) is 23.0 Å². The molecule has 0 unspecified atom stereocenters. The molecular weight excluding hydrogens is 748 g/mol. The van der Waals surface area contributed by atoms with Gasteiger partial charge in [0, 0.05) is 37.4 Å². The highest BCUT2D eigenvalue weighted by Gasteiger charge is 2.47. The second-order valence-electron chi connectivity index (χ2n) is 15.2. The van der Waals surface area contributed by atoms with Crippen molar-refractivity contribution in [1.29, 1.82) is 0 Å². The van der Waals surface area contributed by atoms with Gasteiger partial charge in [0.2, 0.25) is 0 Å². The molecule has 272 valence electrons. The highest BCUT2D eigenvalue weighted by molar-refractivity contribution is 8.00. The first-order valence-electron chi connectivity index (χ1n) is 19.6. The monoisotopic (exact) mass is 778 g/mol. The highest BCUT2D eigenvalue weighted by Crippen LogP contribution is 2.60. The van der Waals surface area contributed by atoms with Gasteiger partial charge in [-0.3, -0.25) is 0 Å². The smallest absolute Gasteiger partial charge is 0.262 e. The number of hydrogen-bond acceptors (Lipinski definition) is 6. The first kappa shape index (κ1) is 32.5. The number of para-hydroxylation sites is 4. The van der Waals surface area contributed by atoms with E-state index in [0.717, 1.165) is 66.6 Å². The number of hydrogen-bond donors (Lipinski definition) is 0. The fourth-order valence-electron chi connectivity index (χ4n) is 9.65. The minimum absolute atomic E-state index is 0.158. The van der Waals surface area contributed by atoms with Crippen molar-refractivity contribution in [3.63, 3.8) is 0 Å². The molecule has 9 aromatic carbocycles. The molecule has 0 N–H and O–H groups in total. The van der Waals surface area contributed by atoms with Crippen molar-refractivity contribution in [2.75, 3.05) is 9.80 Å². The summed E-state index contributed by atoms with van der Waals surface area (Å²) < 4.78 is 14.7. The quantitative estimate of drug-likeness (QED) is 0.162. The zero-order valence-electron chi connectivity index (χ0n) is 31.3. The number of fused-ring (bicyclic) bond motifs is 16. The van der Waals surface area contributed by atoms with Gasteiger partial charge >= 0.3 is 0 Å². The summed E-state index contributed by atoms with van der Waals surface area (Å²) >= 11 is 3.63. The average Bonchev–Trinajstić information content (AvgIpc) is 3.28. The number of ether oxygens (including phenoxy) is 2. The highest BCUT2D eigenvalue weighted by atomic mass is 32.2. The molecule has 0 amide bonds. The van der Waals surface area contributed by atoms with Gasteiger partial charge in [0.1, 0.15) is 23.0 Å². The van der Waals surface area contributed by atoms with E-state index in [4.69, 9.17) is 9.47 Å². The molecule has 0 spiro atoms. The minimum Gasteiger partial charge on any atom is -0.457 e. The molecule has 4 aliphatic heterocycles. The summed E-state index contributed by atoms with van der Waals surface area (Å²) in [4.78, 5) is 9.50. The Morgan fingerprint density at radius 3 is 1.29 bits per heavy atom. The van der Waals surface area contributed by atoms with Crippen LogP contribution in [0.15, 0.2) is 189 Å². The molecule has 0 atom stereocenters. The van der Waals surface area contributed by atoms with Crippen molar-refractivity contribution < 1.29 is 9.47 Å². The second-order valence-corrected chi connectivity index (χ2v) is 17.3. The predicted octanol–water partition coefficient (Wildman–Crippen LogP) is 12.9. The van der Waals surface area contributed by atoms with E-state index in [-0.39, 0.29) is 6.71 Å². The number of anilines is 6. The predicted molar refractivity (Wildman–Crippen MR) is 241 cm³/mol. The Labute approximate surface area is 344 Å². The van der Waals surface area contributed by atoms with Crippen LogP contribution in [0.1, 0.15) is 5.56 Å². The van der Waals surface area contributed by atoms with Crippen LogP contribution in [0.3, 0.4) is 0 Å². The third-order valence-corrected chi connectivity index (χ3v) is 14.2. The Morgan fingerprint density at radius 1 is 0.431 bits per heavy atom. The van der Waals surface area contributed by atoms with Crippen LogP contribution < -0.4 is 35.7 Å². The van der Waals surface area contributed by atoms with Crippen LogP contribution >= 0.6 is 23.5 Å². The van der Waals surface area contributed by atoms with E-state index in [1.165, 1.54) is 53.6 Å². The largest absolute Gasteiger partial charge is 0.457 e. The normalized spacial score (nSPS) is 14.0. The van der Waals surface area contributed by atoms with E-state index < -0.39 is 0 Å². The van der Waals surface area contributed by atoms with Crippen LogP contribution in [0.2, 0.25) is 0 Å². The van der Waals surface area contributed by atoms with E-state index >= 15 is 0 Å². The lowest BCUT2D eigenvalue weighted by atomic mass is 9.33. The van der Waals surface area contributed by atoms with Gasteiger partial charge in [-0.1, -0.05) is 133 Å². The molecule has 58 heavy (non-hydrogen) atoms. The summed E-state index contributed by atoms with van der Waals surface area (Å²) in [5, 5.41) is 4.74. The summed E-state index contributed by atoms with van der Waals surface area (Å²) in [6, 6.07) is 61.2. The maximum absolute atomic E-state index is 7.33. The minimum atomic E-state index is -0.158. The molecule has 4 nitrogen and oxygen atoms in total. The van der Waals surface area contributed by atoms with E-state index in [1.807, 2.05) is 23.5 Å². The molecule has 9 aromatic rings. The lowest BCUT2D eigenvalue weighted by molar-refractivity contribution is 0.454. The summed E-state index contributed by atoms with van der Waals surface area (Å²) in [5.74, 6) is 3.54. The summed E-state index contributed by atoms with van der Waals surface area (Å²) in [7, 11) is 0. The van der Waals surface area contributed by atoms with Crippen molar-refractivity contribution in [2.24, 2.45) is 0 Å². The Bertz CT molecular complexity index is 3020. The van der Waals surface area contributed by atoms with Gasteiger partial charge in [-0.15, -0.1) is 0 Å². The average molecular weight is 779 g/mol. The van der Waals surface area contributed by atoms with Crippen LogP contribution in [-0.4, -0.2) is 6.71 Å². The lowest BCUT2D eigenvalue weighted by Gasteiger charge is -2.41. The van der Waals surface area contributed by atoms with Gasteiger partial charge in [-0.2, -0.15) is 0 Å². The van der Waals surface area contributed by atoms with E-state index in [0.29, 0.717) is 0 Å². The summed E-state index contributed by atoms with van der Waals surface area (Å²) in [6.45, 7) is 1.98. The molecule has 0 fully saturated rings. The van der Waals surface area contributed by atoms with Crippen molar-refractivity contribution in [2.45, 2.75) is 26.5 Å². The van der Waals surface area contributed by atoms with E-state index in [9.17, 15) is 0 Å². The van der Waals surface area contributed by atoms with E-state index in [2.05, 4.69) is 187 Å². The number of nitrogens with zero attached hydrogens (tertiary/aromatic N) is 2. The molecule has 0 saturated heterocycles. The fourth-order valence-corrected chi connectivity index (χ4v) is 12.0. The Balaban J connectivity index is 1.16. The van der Waals surface area contributed by atoms with E-state index in [1.54, 1.807) is 0 Å². The first-order chi connectivity index (χ1) is 28.7. The first-order valence-corrected chi connectivity index (χ1v) is 21.3. The molecule has 4 aliphatic rings. The standard InChI is InChI=1S/C51H31BN2O2S2/c1-30-28-39-45-40(29-30)56-49-44(34-21-9-11-23-36(34)47-51(49)58-42-27-15-13-25-38(42)54(47)32-18-6-3-7-19-32)52(45)43-33-20-8-10-22-35(33)46-50(48(43)55-39)57-41-26-14-12-24-37(41)53(46)31-16-4-2-5-17-31/h2-29H,1H3. The van der Waals surface area contributed by atoms with Crippen molar-refractivity contribution in [1.82, 2.24) is 0 Å². The third kappa shape index (κ3) is 4.46. The molecule has 4 heterocycles. The van der Waals surface area contributed by atoms with Crippen LogP contribution in [0, 0.1) is 6.92 Å². The molecule has 7 heteroatoms. The topological polar surface area (TPSA) is 24.9 Å². The molecule has 0 saturated carbocycles. The number of benzene rings is 9. The summed E-state index contributed by atoms with van der Waals surface area (Å²) in [6.07, 6.45) is 0. The van der Waals surface area contributed by atoms with Crippen molar-refractivity contribution in [3.05, 3.63) is 175 Å². The molecule has 13 rings (SSSR count). The van der Waals surface area contributed by atoms with Gasteiger partial charge < -0.3 is 19.3 Å². The second kappa shape index (κ2) is 12.2. The molecular formula is C51H31BN2O2S2. The Hall–Kier alpha value is -6.54. The Morgan fingerprint density at radius 2 is 0.828 bits per heavy atom. The molecule has 0 aromatic heterocycles. The Kier molecular flexibility index (Phi) is 6.86. The van der Waals surface area contributed by atoms with Crippen molar-refractivity contribution in [3.8, 4) is 23.0 Å². The van der Waals surface area contributed by atoms with Gasteiger partial charge in [0.25, 0.3) is 6.71 Å². The van der Waals surface area contributed by atoms with Gasteiger partial charge in [-0.05, 0) is 94.8 Å². The van der Waals surface area contributed by atoms with Crippen LogP contribution in [-0.2, 0) is 0 Å². The molecule has 0 radical (unpaired) electrons. The number of rotatable bonds is 2. The fraction of sp³-hybridized carbons (Fsp3) is 0.0196. The maximum atomic E-state index is 7.33. The van der Waals surface area contributed by atoms with Crippen LogP contribution in [0.4, 0.5) is 34.1 Å². The zero-order chi connectivity index (χ0) is 38.1. The van der Waals surface area contributed by atoms with Gasteiger partial charge in [-0.25, -0.2) is 0 Å². The zero-order valence-corrected chi connectivity index (χ0v) is 32.9. The van der Waals surface area contributed by atoms with Gasteiger partial charge in [0.15, 0.2) is 0 Å². The maximum Gasteiger partial charge on any atom is 0.262 e. The van der Waals surface area contributed by atoms with Crippen molar-refractivity contribution >= 4 is 102 Å². The molecule has 0 aliphatic carbocycles. The number of aryl methyl sites for hydroxylation is 1. The summed E-state index contributed by atoms with van der Waals surface area (Å²) in [5.41, 5.74) is 11.4. The SMILES string of the molecule is Cc1cc2c3c(c1)Oc1c4c(c5ccccc5c1B3c1c(c3c(c5ccccc15)N(c1ccccc1)c1ccccc1S3)O2)N(c1ccccc1)c1ccccc1S4. The lowest BCUT2D eigenvalue weighted by Crippen LogP contribution is -2.58. The van der Waals surface area contributed by atoms with Crippen LogP contribution in [0.25, 0.3) is 21.5 Å². The molecule has 0 bridgehead atoms. The van der Waals surface area contributed by atoms with Gasteiger partial charge in [0.05, 0.1) is 32.5 Å².